The van der Waals surface area contributed by atoms with Crippen LogP contribution >= 0.6 is 0 Å². The van der Waals surface area contributed by atoms with E-state index in [0.29, 0.717) is 0 Å². The molecule has 0 atom stereocenters. The summed E-state index contributed by atoms with van der Waals surface area (Å²) in [4.78, 5) is 0. The van der Waals surface area contributed by atoms with Gasteiger partial charge in [-0.1, -0.05) is 146 Å². The van der Waals surface area contributed by atoms with E-state index in [0.717, 1.165) is 0 Å². The van der Waals surface area contributed by atoms with E-state index in [-0.39, 0.29) is 0 Å². The number of benzene rings is 8. The van der Waals surface area contributed by atoms with Crippen LogP contribution in [0.2, 0.25) is 0 Å². The van der Waals surface area contributed by atoms with Gasteiger partial charge in [0, 0.05) is 0 Å². The third-order valence-electron chi connectivity index (χ3n) is 9.09. The second kappa shape index (κ2) is 9.72. The highest BCUT2D eigenvalue weighted by Gasteiger charge is 2.21. The maximum atomic E-state index is 2.34. The van der Waals surface area contributed by atoms with Crippen molar-refractivity contribution in [2.24, 2.45) is 0 Å². The fraction of sp³-hybridized carbons (Fsp3) is 0.0476. The molecule has 0 aliphatic carbocycles. The van der Waals surface area contributed by atoms with E-state index in [9.17, 15) is 0 Å². The molecule has 0 aliphatic heterocycles. The van der Waals surface area contributed by atoms with Crippen LogP contribution in [0.5, 0.6) is 0 Å². The summed E-state index contributed by atoms with van der Waals surface area (Å²) in [5.74, 6) is 0. The zero-order chi connectivity index (χ0) is 28.2. The molecule has 0 heteroatoms. The summed E-state index contributed by atoms with van der Waals surface area (Å²) in [5.41, 5.74) is 10.3. The van der Waals surface area contributed by atoms with Gasteiger partial charge in [0.05, 0.1) is 0 Å². The molecule has 0 aromatic heterocycles. The first-order valence-corrected chi connectivity index (χ1v) is 14.7. The average Bonchev–Trinajstić information content (AvgIpc) is 3.05. The highest BCUT2D eigenvalue weighted by atomic mass is 14.2. The monoisotopic (exact) mass is 534 g/mol. The van der Waals surface area contributed by atoms with Crippen LogP contribution in [0, 0.1) is 13.8 Å². The lowest BCUT2D eigenvalue weighted by Crippen LogP contribution is -1.96. The Kier molecular flexibility index (Phi) is 5.69. The van der Waals surface area contributed by atoms with Crippen molar-refractivity contribution in [1.82, 2.24) is 0 Å². The van der Waals surface area contributed by atoms with Gasteiger partial charge in [-0.15, -0.1) is 0 Å². The molecule has 0 saturated heterocycles. The Morgan fingerprint density at radius 1 is 0.262 bits per heavy atom. The fourth-order valence-corrected chi connectivity index (χ4v) is 6.97. The van der Waals surface area contributed by atoms with Crippen molar-refractivity contribution in [3.05, 3.63) is 157 Å². The average molecular weight is 535 g/mol. The van der Waals surface area contributed by atoms with Gasteiger partial charge in [0.2, 0.25) is 0 Å². The van der Waals surface area contributed by atoms with Crippen molar-refractivity contribution in [2.75, 3.05) is 0 Å². The summed E-state index contributed by atoms with van der Waals surface area (Å²) in [6.45, 7) is 4.54. The summed E-state index contributed by atoms with van der Waals surface area (Å²) in [7, 11) is 0. The molecular formula is C42H30. The summed E-state index contributed by atoms with van der Waals surface area (Å²) < 4.78 is 0. The third kappa shape index (κ3) is 3.76. The molecule has 0 nitrogen and oxygen atoms in total. The first-order valence-electron chi connectivity index (χ1n) is 14.7. The van der Waals surface area contributed by atoms with Gasteiger partial charge in [-0.2, -0.15) is 0 Å². The van der Waals surface area contributed by atoms with Crippen molar-refractivity contribution in [3.8, 4) is 33.4 Å². The minimum absolute atomic E-state index is 1.25. The molecule has 0 heterocycles. The molecule has 0 amide bonds. The van der Waals surface area contributed by atoms with Crippen LogP contribution < -0.4 is 0 Å². The van der Waals surface area contributed by atoms with Crippen LogP contribution in [0.15, 0.2) is 146 Å². The third-order valence-corrected chi connectivity index (χ3v) is 9.09. The van der Waals surface area contributed by atoms with Crippen molar-refractivity contribution < 1.29 is 0 Å². The molecule has 0 saturated carbocycles. The molecule has 8 aromatic carbocycles. The van der Waals surface area contributed by atoms with E-state index in [2.05, 4.69) is 159 Å². The van der Waals surface area contributed by atoms with Gasteiger partial charge in [0.15, 0.2) is 0 Å². The minimum atomic E-state index is 1.25. The Bertz CT molecular complexity index is 2150. The van der Waals surface area contributed by atoms with Gasteiger partial charge in [0.1, 0.15) is 0 Å². The van der Waals surface area contributed by atoms with E-state index in [1.54, 1.807) is 0 Å². The standard InChI is InChI=1S/C42H30/c1-27-33-15-7-3-11-29(33)19-23-35(27)39-25-21-31-13-5-9-17-37(31)41(39)42-38-18-10-6-14-32(38)22-26-40(42)36-24-20-30-12-4-8-16-34(30)28(36)2/h3-26H,1-2H3. The first-order chi connectivity index (χ1) is 20.7. The zero-order valence-electron chi connectivity index (χ0n) is 23.9. The van der Waals surface area contributed by atoms with Gasteiger partial charge >= 0.3 is 0 Å². The van der Waals surface area contributed by atoms with Crippen molar-refractivity contribution >= 4 is 43.1 Å². The molecule has 42 heavy (non-hydrogen) atoms. The van der Waals surface area contributed by atoms with E-state index < -0.39 is 0 Å². The zero-order valence-corrected chi connectivity index (χ0v) is 23.9. The van der Waals surface area contributed by atoms with Crippen molar-refractivity contribution in [3.63, 3.8) is 0 Å². The highest BCUT2D eigenvalue weighted by molar-refractivity contribution is 6.16. The summed E-state index contributed by atoms with van der Waals surface area (Å²) in [6, 6.07) is 53.6. The highest BCUT2D eigenvalue weighted by Crippen LogP contribution is 2.48. The Labute approximate surface area is 246 Å². The van der Waals surface area contributed by atoms with Gasteiger partial charge in [-0.3, -0.25) is 0 Å². The first kappa shape index (κ1) is 24.6. The molecule has 198 valence electrons. The molecule has 0 spiro atoms. The van der Waals surface area contributed by atoms with E-state index in [1.807, 2.05) is 0 Å². The van der Waals surface area contributed by atoms with Gasteiger partial charge in [-0.05, 0) is 101 Å². The molecule has 0 bridgehead atoms. The quantitative estimate of drug-likeness (QED) is 0.211. The molecular weight excluding hydrogens is 504 g/mol. The number of hydrogen-bond acceptors (Lipinski definition) is 0. The SMILES string of the molecule is Cc1c(-c2ccc3ccccc3c2-c2c(-c3ccc4ccccc4c3C)ccc3ccccc23)ccc2ccccc12. The van der Waals surface area contributed by atoms with Crippen LogP contribution in [0.1, 0.15) is 11.1 Å². The van der Waals surface area contributed by atoms with Crippen molar-refractivity contribution in [2.45, 2.75) is 13.8 Å². The Morgan fingerprint density at radius 3 is 0.929 bits per heavy atom. The second-order valence-corrected chi connectivity index (χ2v) is 11.3. The van der Waals surface area contributed by atoms with E-state index in [4.69, 9.17) is 0 Å². The second-order valence-electron chi connectivity index (χ2n) is 11.3. The van der Waals surface area contributed by atoms with Gasteiger partial charge in [0.25, 0.3) is 0 Å². The van der Waals surface area contributed by atoms with Crippen LogP contribution in [0.3, 0.4) is 0 Å². The lowest BCUT2D eigenvalue weighted by molar-refractivity contribution is 1.50. The van der Waals surface area contributed by atoms with Gasteiger partial charge < -0.3 is 0 Å². The van der Waals surface area contributed by atoms with Crippen LogP contribution in [0.25, 0.3) is 76.5 Å². The molecule has 0 fully saturated rings. The molecule has 0 unspecified atom stereocenters. The number of hydrogen-bond donors (Lipinski definition) is 0. The van der Waals surface area contributed by atoms with Crippen LogP contribution in [-0.4, -0.2) is 0 Å². The number of fused-ring (bicyclic) bond motifs is 4. The minimum Gasteiger partial charge on any atom is -0.0616 e. The Balaban J connectivity index is 1.54. The Morgan fingerprint density at radius 2 is 0.548 bits per heavy atom. The summed E-state index contributed by atoms with van der Waals surface area (Å²) in [6.07, 6.45) is 0. The number of aryl methyl sites for hydroxylation is 2. The smallest absolute Gasteiger partial charge is 0.00142 e. The van der Waals surface area contributed by atoms with Gasteiger partial charge in [-0.25, -0.2) is 0 Å². The topological polar surface area (TPSA) is 0 Å². The van der Waals surface area contributed by atoms with Crippen LogP contribution in [-0.2, 0) is 0 Å². The molecule has 0 aliphatic rings. The van der Waals surface area contributed by atoms with Crippen molar-refractivity contribution in [1.29, 1.82) is 0 Å². The summed E-state index contributed by atoms with van der Waals surface area (Å²) >= 11 is 0. The van der Waals surface area contributed by atoms with E-state index >= 15 is 0 Å². The largest absolute Gasteiger partial charge is 0.0616 e. The number of rotatable bonds is 3. The maximum Gasteiger partial charge on any atom is -0.00142 e. The Hall–Kier alpha value is -5.20. The molecule has 0 N–H and O–H groups in total. The fourth-order valence-electron chi connectivity index (χ4n) is 6.97. The molecule has 8 rings (SSSR count). The van der Waals surface area contributed by atoms with Crippen LogP contribution in [0.4, 0.5) is 0 Å². The normalized spacial score (nSPS) is 11.6. The van der Waals surface area contributed by atoms with E-state index in [1.165, 1.54) is 87.6 Å². The molecule has 8 aromatic rings. The maximum absolute atomic E-state index is 2.34. The lowest BCUT2D eigenvalue weighted by Gasteiger charge is -2.22. The molecule has 0 radical (unpaired) electrons. The summed E-state index contributed by atoms with van der Waals surface area (Å²) in [5, 5.41) is 10.2. The predicted molar refractivity (Wildman–Crippen MR) is 182 cm³/mol. The lowest BCUT2D eigenvalue weighted by atomic mass is 9.81. The predicted octanol–water partition coefficient (Wildman–Crippen LogP) is 11.9.